The van der Waals surface area contributed by atoms with Crippen molar-refractivity contribution in [1.29, 1.82) is 0 Å². The van der Waals surface area contributed by atoms with E-state index in [4.69, 9.17) is 75.4 Å². The summed E-state index contributed by atoms with van der Waals surface area (Å²) >= 11 is 24.5. The van der Waals surface area contributed by atoms with E-state index < -0.39 is 11.7 Å². The van der Waals surface area contributed by atoms with Crippen molar-refractivity contribution in [1.82, 2.24) is 15.6 Å². The van der Waals surface area contributed by atoms with E-state index in [1.165, 1.54) is 0 Å². The van der Waals surface area contributed by atoms with Crippen LogP contribution >= 0.6 is 58.8 Å². The van der Waals surface area contributed by atoms with E-state index in [-0.39, 0.29) is 25.6 Å². The quantitative estimate of drug-likeness (QED) is 0.164. The SMILES string of the molecule is Cc1c(Cl)ccc(-c2cc(OCCN)no2)c1Cl.Cc1c(Cl)ccc(-c2cc(OCCNC(=O)OC(C)(C)C)no2)c1Cl.Cl. The van der Waals surface area contributed by atoms with Crippen molar-refractivity contribution in [2.24, 2.45) is 5.73 Å². The van der Waals surface area contributed by atoms with Crippen LogP contribution in [-0.2, 0) is 4.74 Å². The van der Waals surface area contributed by atoms with Gasteiger partial charge >= 0.3 is 6.09 Å². The fraction of sp³-hybridized carbons (Fsp3) is 0.345. The van der Waals surface area contributed by atoms with Crippen molar-refractivity contribution in [3.63, 3.8) is 0 Å². The van der Waals surface area contributed by atoms with Crippen LogP contribution in [0.3, 0.4) is 0 Å². The molecule has 0 spiro atoms. The molecule has 4 rings (SSSR count). The number of hydrogen-bond acceptors (Lipinski definition) is 9. The number of carbonyl (C=O) groups excluding carboxylic acids is 1. The molecule has 1 amide bonds. The Kier molecular flexibility index (Phi) is 14.4. The molecule has 0 aliphatic carbocycles. The molecule has 0 radical (unpaired) electrons. The second-order valence-corrected chi connectivity index (χ2v) is 11.6. The number of nitrogens with zero attached hydrogens (tertiary/aromatic N) is 2. The van der Waals surface area contributed by atoms with Crippen LogP contribution in [0.25, 0.3) is 22.6 Å². The lowest BCUT2D eigenvalue weighted by Gasteiger charge is -2.19. The highest BCUT2D eigenvalue weighted by Gasteiger charge is 2.17. The van der Waals surface area contributed by atoms with Crippen LogP contribution in [0.4, 0.5) is 4.79 Å². The molecule has 0 aliphatic heterocycles. The molecule has 0 atom stereocenters. The lowest BCUT2D eigenvalue weighted by Crippen LogP contribution is -2.34. The van der Waals surface area contributed by atoms with Crippen molar-refractivity contribution in [3.8, 4) is 34.4 Å². The molecule has 0 fully saturated rings. The van der Waals surface area contributed by atoms with Gasteiger partial charge in [-0.3, -0.25) is 0 Å². The molecule has 0 unspecified atom stereocenters. The predicted octanol–water partition coefficient (Wildman–Crippen LogP) is 8.58. The van der Waals surface area contributed by atoms with Gasteiger partial charge in [-0.15, -0.1) is 12.4 Å². The highest BCUT2D eigenvalue weighted by Crippen LogP contribution is 2.36. The molecule has 2 heterocycles. The van der Waals surface area contributed by atoms with Crippen LogP contribution in [0, 0.1) is 13.8 Å². The van der Waals surface area contributed by atoms with E-state index in [9.17, 15) is 4.79 Å². The average molecular weight is 711 g/mol. The van der Waals surface area contributed by atoms with Crippen LogP contribution in [-0.4, -0.2) is 48.3 Å². The molecule has 44 heavy (non-hydrogen) atoms. The molecule has 2 aromatic carbocycles. The zero-order chi connectivity index (χ0) is 31.7. The predicted molar refractivity (Wildman–Crippen MR) is 175 cm³/mol. The molecule has 0 bridgehead atoms. The van der Waals surface area contributed by atoms with E-state index in [0.29, 0.717) is 62.1 Å². The summed E-state index contributed by atoms with van der Waals surface area (Å²) in [5.74, 6) is 1.69. The molecule has 4 aromatic rings. The summed E-state index contributed by atoms with van der Waals surface area (Å²) in [6.07, 6.45) is -0.500. The summed E-state index contributed by atoms with van der Waals surface area (Å²) in [4.78, 5) is 11.5. The normalized spacial score (nSPS) is 10.8. The maximum Gasteiger partial charge on any atom is 0.407 e. The maximum atomic E-state index is 11.5. The molecule has 0 saturated heterocycles. The van der Waals surface area contributed by atoms with Gasteiger partial charge in [0, 0.05) is 39.8 Å². The Labute approximate surface area is 281 Å². The summed E-state index contributed by atoms with van der Waals surface area (Å²) in [6.45, 7) is 10.4. The maximum absolute atomic E-state index is 11.5. The monoisotopic (exact) mass is 708 g/mol. The van der Waals surface area contributed by atoms with E-state index >= 15 is 0 Å². The lowest BCUT2D eigenvalue weighted by molar-refractivity contribution is 0.0519. The minimum absolute atomic E-state index is 0. The fourth-order valence-corrected chi connectivity index (χ4v) is 4.33. The number of ether oxygens (including phenoxy) is 3. The summed E-state index contributed by atoms with van der Waals surface area (Å²) in [7, 11) is 0. The first kappa shape index (κ1) is 37.3. The molecule has 3 N–H and O–H groups in total. The number of nitrogens with one attached hydrogen (secondary N) is 1. The van der Waals surface area contributed by atoms with Gasteiger partial charge in [0.1, 0.15) is 18.8 Å². The first-order chi connectivity index (χ1) is 20.3. The zero-order valence-corrected chi connectivity index (χ0v) is 28.5. The Morgan fingerprint density at radius 3 is 1.73 bits per heavy atom. The highest BCUT2D eigenvalue weighted by atomic mass is 35.5. The van der Waals surface area contributed by atoms with Gasteiger partial charge in [0.05, 0.1) is 16.6 Å². The minimum atomic E-state index is -0.540. The van der Waals surface area contributed by atoms with Gasteiger partial charge in [0.15, 0.2) is 11.5 Å². The van der Waals surface area contributed by atoms with Crippen molar-refractivity contribution >= 4 is 64.9 Å². The number of aromatic nitrogens is 2. The molecule has 10 nitrogen and oxygen atoms in total. The Bertz CT molecular complexity index is 1540. The zero-order valence-electron chi connectivity index (χ0n) is 24.6. The van der Waals surface area contributed by atoms with Gasteiger partial charge in [-0.1, -0.05) is 46.4 Å². The molecule has 0 aliphatic rings. The third kappa shape index (κ3) is 10.6. The summed E-state index contributed by atoms with van der Waals surface area (Å²) in [5.41, 5.74) is 7.77. The van der Waals surface area contributed by atoms with Gasteiger partial charge in [0.2, 0.25) is 0 Å². The molecule has 15 heteroatoms. The van der Waals surface area contributed by atoms with Gasteiger partial charge in [0.25, 0.3) is 11.8 Å². The second kappa shape index (κ2) is 17.0. The van der Waals surface area contributed by atoms with E-state index in [1.54, 1.807) is 57.2 Å². The number of alkyl carbamates (subject to hydrolysis) is 1. The largest absolute Gasteiger partial charge is 0.474 e. The summed E-state index contributed by atoms with van der Waals surface area (Å²) < 4.78 is 26.2. The third-order valence-corrected chi connectivity index (χ3v) is 7.33. The molecular weight excluding hydrogens is 678 g/mol. The number of halogens is 5. The lowest BCUT2D eigenvalue weighted by atomic mass is 10.1. The first-order valence-electron chi connectivity index (χ1n) is 13.1. The third-order valence-electron chi connectivity index (χ3n) is 5.54. The second-order valence-electron chi connectivity index (χ2n) is 10.0. The van der Waals surface area contributed by atoms with Crippen molar-refractivity contribution in [3.05, 3.63) is 67.6 Å². The van der Waals surface area contributed by atoms with Gasteiger partial charge in [-0.05, 0) is 80.3 Å². The first-order valence-corrected chi connectivity index (χ1v) is 14.6. The van der Waals surface area contributed by atoms with Crippen LogP contribution in [0.15, 0.2) is 45.4 Å². The molecule has 2 aromatic heterocycles. The number of rotatable bonds is 9. The van der Waals surface area contributed by atoms with Crippen LogP contribution < -0.4 is 20.5 Å². The Hall–Kier alpha value is -2.86. The molecule has 0 saturated carbocycles. The highest BCUT2D eigenvalue weighted by molar-refractivity contribution is 6.38. The smallest absolute Gasteiger partial charge is 0.407 e. The number of hydrogen-bond donors (Lipinski definition) is 2. The van der Waals surface area contributed by atoms with E-state index in [2.05, 4.69) is 15.6 Å². The van der Waals surface area contributed by atoms with Crippen LogP contribution in [0.5, 0.6) is 11.8 Å². The van der Waals surface area contributed by atoms with Gasteiger partial charge < -0.3 is 34.3 Å². The van der Waals surface area contributed by atoms with Crippen LogP contribution in [0.1, 0.15) is 31.9 Å². The Balaban J connectivity index is 0.000000315. The molecular formula is C29H33Cl5N4O6. The minimum Gasteiger partial charge on any atom is -0.474 e. The van der Waals surface area contributed by atoms with E-state index in [1.807, 2.05) is 13.8 Å². The fourth-order valence-electron chi connectivity index (χ4n) is 3.40. The van der Waals surface area contributed by atoms with Gasteiger partial charge in [-0.2, -0.15) is 0 Å². The van der Waals surface area contributed by atoms with Crippen molar-refractivity contribution in [2.75, 3.05) is 26.3 Å². The number of nitrogens with two attached hydrogens (primary N) is 1. The topological polar surface area (TPSA) is 135 Å². The van der Waals surface area contributed by atoms with Crippen molar-refractivity contribution < 1.29 is 28.1 Å². The van der Waals surface area contributed by atoms with E-state index in [0.717, 1.165) is 16.7 Å². The van der Waals surface area contributed by atoms with Crippen LogP contribution in [0.2, 0.25) is 20.1 Å². The van der Waals surface area contributed by atoms with Gasteiger partial charge in [-0.25, -0.2) is 4.79 Å². The Morgan fingerprint density at radius 1 is 0.841 bits per heavy atom. The summed E-state index contributed by atoms with van der Waals surface area (Å²) in [5, 5.41) is 12.4. The number of carbonyl (C=O) groups is 1. The summed E-state index contributed by atoms with van der Waals surface area (Å²) in [6, 6.07) is 10.3. The van der Waals surface area contributed by atoms with Crippen molar-refractivity contribution in [2.45, 2.75) is 40.2 Å². The Morgan fingerprint density at radius 2 is 1.30 bits per heavy atom. The number of benzene rings is 2. The average Bonchev–Trinajstić information content (AvgIpc) is 3.61. The molecule has 240 valence electrons. The number of amides is 1. The standard InChI is InChI=1S/C17H20Cl2N2O4.C12H12Cl2N2O2.ClH/c1-10-12(18)6-5-11(15(10)19)13-9-14(21-25-13)23-8-7-20-16(22)24-17(2,3)4;1-7-9(13)3-2-8(12(7)14)10-6-11(16-18-10)17-5-4-15;/h5-6,9H,7-8H2,1-4H3,(H,20,22);2-3,6H,4-5,15H2,1H3;1H.